The first-order valence-electron chi connectivity index (χ1n) is 5.35. The molecule has 0 aromatic carbocycles. The lowest BCUT2D eigenvalue weighted by Crippen LogP contribution is -2.23. The van der Waals surface area contributed by atoms with Crippen LogP contribution in [0, 0.1) is 0 Å². The number of rotatable bonds is 3. The summed E-state index contributed by atoms with van der Waals surface area (Å²) in [5.74, 6) is 0. The Labute approximate surface area is 96.0 Å². The van der Waals surface area contributed by atoms with E-state index in [1.165, 1.54) is 6.42 Å². The van der Waals surface area contributed by atoms with Gasteiger partial charge in [-0.15, -0.1) is 0 Å². The maximum absolute atomic E-state index is 9.60. The summed E-state index contributed by atoms with van der Waals surface area (Å²) in [7, 11) is 0. The molecule has 0 radical (unpaired) electrons. The first-order chi connectivity index (χ1) is 7.49. The summed E-state index contributed by atoms with van der Waals surface area (Å²) in [5.41, 5.74) is 7.64. The van der Waals surface area contributed by atoms with Crippen LogP contribution in [0.3, 0.4) is 0 Å². The minimum atomic E-state index is -0.318. The number of carbonyl (C=O) groups is 1. The predicted octanol–water partition coefficient (Wildman–Crippen LogP) is 2.01. The highest BCUT2D eigenvalue weighted by Gasteiger charge is 2.11. The molecule has 1 rings (SSSR count). The second kappa shape index (κ2) is 7.96. The van der Waals surface area contributed by atoms with Gasteiger partial charge in [-0.25, -0.2) is 0 Å². The van der Waals surface area contributed by atoms with Crippen molar-refractivity contribution in [3.05, 3.63) is 10.4 Å². The van der Waals surface area contributed by atoms with E-state index >= 15 is 0 Å². The molecular weight excluding hydrogens is 208 g/mol. The second-order valence-corrected chi connectivity index (χ2v) is 4.53. The molecule has 1 atom stereocenters. The predicted molar refractivity (Wildman–Crippen MR) is 61.9 cm³/mol. The third kappa shape index (κ3) is 9.30. The molecule has 0 bridgehead atoms. The Hall–Kier alpha value is -1.26. The summed E-state index contributed by atoms with van der Waals surface area (Å²) >= 11 is 0. The largest absolute Gasteiger partial charge is 0.462 e. The molecule has 0 spiro atoms. The van der Waals surface area contributed by atoms with E-state index in [-0.39, 0.29) is 5.60 Å². The lowest BCUT2D eigenvalue weighted by atomic mass is 10.2. The van der Waals surface area contributed by atoms with Crippen LogP contribution in [0.1, 0.15) is 33.6 Å². The van der Waals surface area contributed by atoms with Crippen LogP contribution in [0.2, 0.25) is 0 Å². The van der Waals surface area contributed by atoms with E-state index in [0.29, 0.717) is 19.1 Å². The Bertz CT molecular complexity index is 238. The minimum Gasteiger partial charge on any atom is -0.462 e. The molecule has 6 nitrogen and oxygen atoms in total. The van der Waals surface area contributed by atoms with Gasteiger partial charge in [0, 0.05) is 17.5 Å². The van der Waals surface area contributed by atoms with Gasteiger partial charge < -0.3 is 10.1 Å². The number of hydrogen-bond donors (Lipinski definition) is 1. The number of nitrogens with one attached hydrogen (secondary N) is 1. The van der Waals surface area contributed by atoms with Crippen LogP contribution < -0.4 is 5.32 Å². The third-order valence-corrected chi connectivity index (χ3v) is 1.93. The normalized spacial score (nSPS) is 19.1. The highest BCUT2D eigenvalue weighted by Crippen LogP contribution is 2.04. The molecule has 0 aromatic rings. The highest BCUT2D eigenvalue weighted by atomic mass is 16.5. The van der Waals surface area contributed by atoms with Crippen LogP contribution in [0.5, 0.6) is 0 Å². The quantitative estimate of drug-likeness (QED) is 0.347. The Morgan fingerprint density at radius 1 is 1.62 bits per heavy atom. The van der Waals surface area contributed by atoms with Gasteiger partial charge >= 0.3 is 0 Å². The van der Waals surface area contributed by atoms with Crippen molar-refractivity contribution < 1.29 is 9.53 Å². The van der Waals surface area contributed by atoms with Crippen LogP contribution in [0.15, 0.2) is 5.11 Å². The average molecular weight is 228 g/mol. The van der Waals surface area contributed by atoms with Crippen LogP contribution in [0.4, 0.5) is 0 Å². The molecule has 1 N–H and O–H groups in total. The molecule has 1 aliphatic rings. The summed E-state index contributed by atoms with van der Waals surface area (Å²) < 4.78 is 4.55. The first kappa shape index (κ1) is 14.7. The van der Waals surface area contributed by atoms with Crippen LogP contribution in [-0.2, 0) is 9.53 Å². The molecule has 1 aliphatic heterocycles. The molecule has 0 aliphatic carbocycles. The smallest absolute Gasteiger partial charge is 0.293 e. The van der Waals surface area contributed by atoms with Gasteiger partial charge in [0.2, 0.25) is 0 Å². The second-order valence-electron chi connectivity index (χ2n) is 4.53. The van der Waals surface area contributed by atoms with Gasteiger partial charge in [0.05, 0.1) is 0 Å². The molecule has 6 heteroatoms. The maximum Gasteiger partial charge on any atom is 0.293 e. The van der Waals surface area contributed by atoms with Gasteiger partial charge in [-0.05, 0) is 45.7 Å². The summed E-state index contributed by atoms with van der Waals surface area (Å²) in [4.78, 5) is 12.3. The van der Waals surface area contributed by atoms with Crippen molar-refractivity contribution in [3.8, 4) is 0 Å². The van der Waals surface area contributed by atoms with E-state index in [4.69, 9.17) is 5.53 Å². The molecule has 1 saturated heterocycles. The zero-order valence-corrected chi connectivity index (χ0v) is 10.1. The Morgan fingerprint density at radius 3 is 2.62 bits per heavy atom. The van der Waals surface area contributed by atoms with Gasteiger partial charge in [0.15, 0.2) is 0 Å². The number of azide groups is 1. The Morgan fingerprint density at radius 2 is 2.31 bits per heavy atom. The van der Waals surface area contributed by atoms with Crippen LogP contribution >= 0.6 is 0 Å². The van der Waals surface area contributed by atoms with E-state index in [1.54, 1.807) is 0 Å². The van der Waals surface area contributed by atoms with Crippen molar-refractivity contribution in [3.63, 3.8) is 0 Å². The Kier molecular flexibility index (Phi) is 7.33. The van der Waals surface area contributed by atoms with Gasteiger partial charge in [0.1, 0.15) is 5.60 Å². The fourth-order valence-electron chi connectivity index (χ4n) is 1.19. The number of ether oxygens (including phenoxy) is 1. The first-order valence-corrected chi connectivity index (χ1v) is 5.35. The van der Waals surface area contributed by atoms with Gasteiger partial charge in [-0.2, -0.15) is 0 Å². The van der Waals surface area contributed by atoms with E-state index in [0.717, 1.165) is 13.0 Å². The SMILES string of the molecule is CC(C)(C)OC=O.[N-]=[N+]=NCC1CCCN1. The molecule has 0 aromatic heterocycles. The van der Waals surface area contributed by atoms with Crippen LogP contribution in [-0.4, -0.2) is 31.2 Å². The number of hydrogen-bond acceptors (Lipinski definition) is 4. The lowest BCUT2D eigenvalue weighted by molar-refractivity contribution is -0.138. The molecule has 16 heavy (non-hydrogen) atoms. The molecule has 1 heterocycles. The average Bonchev–Trinajstić information content (AvgIpc) is 2.66. The number of carbonyl (C=O) groups excluding carboxylic acids is 1. The molecule has 92 valence electrons. The van der Waals surface area contributed by atoms with Crippen molar-refractivity contribution in [2.45, 2.75) is 45.3 Å². The summed E-state index contributed by atoms with van der Waals surface area (Å²) in [6.45, 7) is 7.60. The van der Waals surface area contributed by atoms with Crippen molar-refractivity contribution in [2.24, 2.45) is 5.11 Å². The topological polar surface area (TPSA) is 87.1 Å². The molecule has 1 unspecified atom stereocenters. The minimum absolute atomic E-state index is 0.318. The maximum atomic E-state index is 9.60. The van der Waals surface area contributed by atoms with E-state index in [9.17, 15) is 4.79 Å². The van der Waals surface area contributed by atoms with Crippen LogP contribution in [0.25, 0.3) is 10.4 Å². The Balaban J connectivity index is 0.000000293. The molecule has 1 fully saturated rings. The van der Waals surface area contributed by atoms with Crippen molar-refractivity contribution in [2.75, 3.05) is 13.1 Å². The van der Waals surface area contributed by atoms with Crippen molar-refractivity contribution >= 4 is 6.47 Å². The summed E-state index contributed by atoms with van der Waals surface area (Å²) in [5, 5.41) is 6.70. The van der Waals surface area contributed by atoms with Gasteiger partial charge in [-0.3, -0.25) is 4.79 Å². The molecule has 0 amide bonds. The molecular formula is C10H20N4O2. The number of nitrogens with zero attached hydrogens (tertiary/aromatic N) is 3. The molecule has 0 saturated carbocycles. The lowest BCUT2D eigenvalue weighted by Gasteiger charge is -2.14. The third-order valence-electron chi connectivity index (χ3n) is 1.93. The zero-order chi connectivity index (χ0) is 12.4. The van der Waals surface area contributed by atoms with Gasteiger partial charge in [0.25, 0.3) is 6.47 Å². The summed E-state index contributed by atoms with van der Waals surface area (Å²) in [6, 6.07) is 0.445. The fourth-order valence-corrected chi connectivity index (χ4v) is 1.19. The van der Waals surface area contributed by atoms with Crippen molar-refractivity contribution in [1.82, 2.24) is 5.32 Å². The monoisotopic (exact) mass is 228 g/mol. The summed E-state index contributed by atoms with van der Waals surface area (Å²) in [6.07, 6.45) is 2.37. The fraction of sp³-hybridized carbons (Fsp3) is 0.900. The standard InChI is InChI=1S/C5H10N4.C5H10O2/c6-9-8-4-5-2-1-3-7-5;1-5(2,3)7-4-6/h5,7H,1-4H2;4H,1-3H3. The van der Waals surface area contributed by atoms with E-state index in [1.807, 2.05) is 20.8 Å². The zero-order valence-electron chi connectivity index (χ0n) is 10.1. The highest BCUT2D eigenvalue weighted by molar-refractivity contribution is 5.37. The van der Waals surface area contributed by atoms with Gasteiger partial charge in [-0.1, -0.05) is 5.11 Å². The van der Waals surface area contributed by atoms with E-state index in [2.05, 4.69) is 20.1 Å². The van der Waals surface area contributed by atoms with Crippen molar-refractivity contribution in [1.29, 1.82) is 0 Å². The van der Waals surface area contributed by atoms with E-state index < -0.39 is 0 Å².